The zero-order valence-corrected chi connectivity index (χ0v) is 18.8. The Kier molecular flexibility index (Phi) is 6.72. The van der Waals surface area contributed by atoms with Gasteiger partial charge in [-0.2, -0.15) is 4.52 Å². The highest BCUT2D eigenvalue weighted by molar-refractivity contribution is 5.95. The van der Waals surface area contributed by atoms with E-state index in [9.17, 15) is 4.79 Å². The second-order valence-corrected chi connectivity index (χ2v) is 7.80. The standard InChI is InChI=1S/C23H29N5O4/c1-4-32-22(29)17-14-25-23(24-13-15-10-11-18(30-2)19(12-15)31-3)28-21(17)26-20(27-28)16-8-6-5-7-9-16/h10-12,14,16H,4-9,13H2,1-3H3,(H,24,25). The number of nitrogens with zero attached hydrogens (tertiary/aromatic N) is 4. The Labute approximate surface area is 187 Å². The number of methoxy groups -OCH3 is 2. The molecule has 0 aliphatic heterocycles. The van der Waals surface area contributed by atoms with Gasteiger partial charge >= 0.3 is 5.97 Å². The minimum absolute atomic E-state index is 0.286. The summed E-state index contributed by atoms with van der Waals surface area (Å²) in [6, 6.07) is 5.72. The van der Waals surface area contributed by atoms with Crippen LogP contribution in [0.4, 0.5) is 5.95 Å². The van der Waals surface area contributed by atoms with Gasteiger partial charge in [0.2, 0.25) is 5.95 Å². The maximum atomic E-state index is 12.5. The summed E-state index contributed by atoms with van der Waals surface area (Å²) in [5, 5.41) is 8.05. The topological polar surface area (TPSA) is 99.9 Å². The highest BCUT2D eigenvalue weighted by Crippen LogP contribution is 2.32. The van der Waals surface area contributed by atoms with Crippen LogP contribution in [0.2, 0.25) is 0 Å². The summed E-state index contributed by atoms with van der Waals surface area (Å²) in [5.41, 5.74) is 1.77. The molecule has 0 atom stereocenters. The average Bonchev–Trinajstić information content (AvgIpc) is 3.28. The predicted molar refractivity (Wildman–Crippen MR) is 119 cm³/mol. The van der Waals surface area contributed by atoms with Crippen LogP contribution in [0.3, 0.4) is 0 Å². The Bertz CT molecular complexity index is 1090. The van der Waals surface area contributed by atoms with Crippen molar-refractivity contribution in [3.8, 4) is 11.5 Å². The number of aromatic nitrogens is 4. The van der Waals surface area contributed by atoms with Crippen LogP contribution in [0.15, 0.2) is 24.4 Å². The molecule has 3 aromatic rings. The van der Waals surface area contributed by atoms with Crippen LogP contribution in [0, 0.1) is 0 Å². The molecule has 32 heavy (non-hydrogen) atoms. The van der Waals surface area contributed by atoms with Gasteiger partial charge in [-0.1, -0.05) is 25.3 Å². The van der Waals surface area contributed by atoms with Crippen LogP contribution in [0.5, 0.6) is 11.5 Å². The van der Waals surface area contributed by atoms with E-state index < -0.39 is 5.97 Å². The van der Waals surface area contributed by atoms with E-state index >= 15 is 0 Å². The number of esters is 1. The van der Waals surface area contributed by atoms with Gasteiger partial charge in [-0.3, -0.25) is 0 Å². The predicted octanol–water partition coefficient (Wildman–Crippen LogP) is 3.98. The lowest BCUT2D eigenvalue weighted by Gasteiger charge is -2.18. The molecule has 9 heteroatoms. The molecule has 9 nitrogen and oxygen atoms in total. The van der Waals surface area contributed by atoms with Crippen molar-refractivity contribution in [3.63, 3.8) is 0 Å². The van der Waals surface area contributed by atoms with Crippen molar-refractivity contribution in [2.45, 2.75) is 51.5 Å². The van der Waals surface area contributed by atoms with E-state index in [4.69, 9.17) is 24.3 Å². The molecule has 2 aromatic heterocycles. The molecule has 4 rings (SSSR count). The summed E-state index contributed by atoms with van der Waals surface area (Å²) in [5.74, 6) is 2.46. The van der Waals surface area contributed by atoms with Crippen LogP contribution in [0.1, 0.15) is 66.7 Å². The number of carbonyl (C=O) groups excluding carboxylic acids is 1. The minimum atomic E-state index is -0.445. The van der Waals surface area contributed by atoms with Gasteiger partial charge in [0, 0.05) is 18.7 Å². The third-order valence-electron chi connectivity index (χ3n) is 5.75. The SMILES string of the molecule is CCOC(=O)c1cnc(NCc2ccc(OC)c(OC)c2)n2nc(C3CCCCC3)nc12. The van der Waals surface area contributed by atoms with Crippen molar-refractivity contribution < 1.29 is 19.0 Å². The Balaban J connectivity index is 1.65. The number of fused-ring (bicyclic) bond motifs is 1. The van der Waals surface area contributed by atoms with Gasteiger partial charge in [0.15, 0.2) is 23.0 Å². The number of hydrogen-bond acceptors (Lipinski definition) is 8. The molecule has 0 spiro atoms. The van der Waals surface area contributed by atoms with Crippen LogP contribution in [-0.2, 0) is 11.3 Å². The first-order chi connectivity index (χ1) is 15.6. The molecule has 1 N–H and O–H groups in total. The maximum Gasteiger partial charge on any atom is 0.343 e. The largest absolute Gasteiger partial charge is 0.493 e. The van der Waals surface area contributed by atoms with E-state index in [-0.39, 0.29) is 6.61 Å². The second kappa shape index (κ2) is 9.84. The maximum absolute atomic E-state index is 12.5. The summed E-state index contributed by atoms with van der Waals surface area (Å²) in [7, 11) is 3.21. The van der Waals surface area contributed by atoms with E-state index in [1.54, 1.807) is 25.7 Å². The number of ether oxygens (including phenoxy) is 3. The molecule has 1 aliphatic rings. The number of benzene rings is 1. The van der Waals surface area contributed by atoms with Crippen molar-refractivity contribution in [3.05, 3.63) is 41.3 Å². The molecule has 1 aromatic carbocycles. The molecule has 1 saturated carbocycles. The lowest BCUT2D eigenvalue weighted by Crippen LogP contribution is -2.12. The first-order valence-electron chi connectivity index (χ1n) is 11.0. The monoisotopic (exact) mass is 439 g/mol. The molecule has 0 unspecified atom stereocenters. The van der Waals surface area contributed by atoms with Crippen LogP contribution in [-0.4, -0.2) is 46.4 Å². The zero-order valence-electron chi connectivity index (χ0n) is 18.8. The Hall–Kier alpha value is -3.36. The highest BCUT2D eigenvalue weighted by Gasteiger charge is 2.24. The van der Waals surface area contributed by atoms with E-state index in [1.807, 2.05) is 18.2 Å². The zero-order chi connectivity index (χ0) is 22.5. The molecular weight excluding hydrogens is 410 g/mol. The Morgan fingerprint density at radius 3 is 2.66 bits per heavy atom. The number of hydrogen-bond donors (Lipinski definition) is 1. The minimum Gasteiger partial charge on any atom is -0.493 e. The fourth-order valence-electron chi connectivity index (χ4n) is 4.07. The summed E-state index contributed by atoms with van der Waals surface area (Å²) in [6.07, 6.45) is 7.23. The first kappa shape index (κ1) is 21.9. The summed E-state index contributed by atoms with van der Waals surface area (Å²) in [6.45, 7) is 2.55. The number of rotatable bonds is 8. The molecule has 0 saturated heterocycles. The fraction of sp³-hybridized carbons (Fsp3) is 0.478. The lowest BCUT2D eigenvalue weighted by atomic mass is 9.89. The Morgan fingerprint density at radius 2 is 1.94 bits per heavy atom. The van der Waals surface area contributed by atoms with Crippen molar-refractivity contribution in [1.29, 1.82) is 0 Å². The van der Waals surface area contributed by atoms with Crippen molar-refractivity contribution >= 4 is 17.6 Å². The van der Waals surface area contributed by atoms with E-state index in [0.29, 0.717) is 41.1 Å². The molecule has 170 valence electrons. The van der Waals surface area contributed by atoms with E-state index in [2.05, 4.69) is 10.3 Å². The lowest BCUT2D eigenvalue weighted by molar-refractivity contribution is 0.0527. The average molecular weight is 440 g/mol. The Morgan fingerprint density at radius 1 is 1.16 bits per heavy atom. The second-order valence-electron chi connectivity index (χ2n) is 7.80. The van der Waals surface area contributed by atoms with Gasteiger partial charge in [-0.05, 0) is 37.5 Å². The highest BCUT2D eigenvalue weighted by atomic mass is 16.5. The van der Waals surface area contributed by atoms with Gasteiger partial charge in [-0.15, -0.1) is 5.10 Å². The number of carbonyl (C=O) groups is 1. The number of anilines is 1. The van der Waals surface area contributed by atoms with Gasteiger partial charge in [0.1, 0.15) is 5.56 Å². The molecule has 0 radical (unpaired) electrons. The van der Waals surface area contributed by atoms with Crippen molar-refractivity contribution in [1.82, 2.24) is 19.6 Å². The van der Waals surface area contributed by atoms with Crippen LogP contribution in [0.25, 0.3) is 5.65 Å². The molecule has 2 heterocycles. The molecule has 1 aliphatic carbocycles. The van der Waals surface area contributed by atoms with Crippen molar-refractivity contribution in [2.24, 2.45) is 0 Å². The van der Waals surface area contributed by atoms with Crippen molar-refractivity contribution in [2.75, 3.05) is 26.1 Å². The van der Waals surface area contributed by atoms with Gasteiger partial charge in [-0.25, -0.2) is 14.8 Å². The van der Waals surface area contributed by atoms with E-state index in [0.717, 1.165) is 24.2 Å². The molecular formula is C23H29N5O4. The third-order valence-corrected chi connectivity index (χ3v) is 5.75. The third kappa shape index (κ3) is 4.46. The molecule has 1 fully saturated rings. The van der Waals surface area contributed by atoms with Crippen LogP contribution < -0.4 is 14.8 Å². The van der Waals surface area contributed by atoms with E-state index in [1.165, 1.54) is 25.5 Å². The van der Waals surface area contributed by atoms with Gasteiger partial charge in [0.05, 0.1) is 20.8 Å². The summed E-state index contributed by atoms with van der Waals surface area (Å²) >= 11 is 0. The number of nitrogens with one attached hydrogen (secondary N) is 1. The fourth-order valence-corrected chi connectivity index (χ4v) is 4.07. The quantitative estimate of drug-likeness (QED) is 0.526. The smallest absolute Gasteiger partial charge is 0.343 e. The summed E-state index contributed by atoms with van der Waals surface area (Å²) in [4.78, 5) is 21.7. The summed E-state index contributed by atoms with van der Waals surface area (Å²) < 4.78 is 17.5. The molecule has 0 bridgehead atoms. The molecule has 0 amide bonds. The van der Waals surface area contributed by atoms with Crippen LogP contribution >= 0.6 is 0 Å². The normalized spacial score (nSPS) is 14.3. The van der Waals surface area contributed by atoms with Gasteiger partial charge < -0.3 is 19.5 Å². The van der Waals surface area contributed by atoms with Gasteiger partial charge in [0.25, 0.3) is 0 Å². The first-order valence-corrected chi connectivity index (χ1v) is 11.0.